The topological polar surface area (TPSA) is 80.8 Å². The molecule has 4 heterocycles. The highest BCUT2D eigenvalue weighted by molar-refractivity contribution is 5.91. The number of benzene rings is 4. The van der Waals surface area contributed by atoms with Crippen molar-refractivity contribution in [2.24, 2.45) is 0 Å². The van der Waals surface area contributed by atoms with Crippen LogP contribution in [0.4, 0.5) is 11.4 Å². The summed E-state index contributed by atoms with van der Waals surface area (Å²) in [6, 6.07) is 46.0. The number of fused-ring (bicyclic) bond motifs is 2. The van der Waals surface area contributed by atoms with E-state index in [1.165, 1.54) is 0 Å². The molecule has 0 radical (unpaired) electrons. The van der Waals surface area contributed by atoms with Crippen LogP contribution in [-0.4, -0.2) is 27.0 Å². The van der Waals surface area contributed by atoms with Crippen LogP contribution < -0.4 is 10.6 Å². The van der Waals surface area contributed by atoms with Crippen LogP contribution in [0.3, 0.4) is 0 Å². The van der Waals surface area contributed by atoms with Crippen LogP contribution in [0.15, 0.2) is 195 Å². The first-order chi connectivity index (χ1) is 31.8. The number of nitrogens with zero attached hydrogens (tertiary/aromatic N) is 5. The molecule has 0 saturated heterocycles. The van der Waals surface area contributed by atoms with Gasteiger partial charge in [-0.1, -0.05) is 133 Å². The Labute approximate surface area is 387 Å². The molecule has 0 aliphatic rings. The number of aromatic nitrogens is 4. The van der Waals surface area contributed by atoms with Gasteiger partial charge < -0.3 is 10.6 Å². The highest BCUT2D eigenvalue weighted by Crippen LogP contribution is 2.34. The summed E-state index contributed by atoms with van der Waals surface area (Å²) in [6.07, 6.45) is 15.5. The van der Waals surface area contributed by atoms with Crippen LogP contribution in [0.1, 0.15) is 72.2 Å². The third-order valence-electron chi connectivity index (χ3n) is 10.7. The average Bonchev–Trinajstić information content (AvgIpc) is 3.37. The predicted octanol–water partition coefficient (Wildman–Crippen LogP) is 15.9. The van der Waals surface area contributed by atoms with Gasteiger partial charge in [0.1, 0.15) is 0 Å². The standard InChI is InChI=1S/C47H40N6.C8H12.2C2H6/c1-4-10-32-13-14-33-17-24-44(52-47(33)46(32)48)45(5-2)53(3)39-20-15-31(16-21-39)34-18-22-42-35(27-34)19-23-43(51-42)38-29-36(40-11-6-8-25-49-40)28-37(30-38)41-12-7-9-26-50-41;1-4-6-8(3)7-5-2;2*1-2/h5-9,11-30,45H,2,4,10,48H2,1,3H3;4-7H,3H2,1-2H3;2*1-2H3/b;6-4-,7-5-;;. The van der Waals surface area contributed by atoms with Gasteiger partial charge in [-0.3, -0.25) is 9.97 Å². The van der Waals surface area contributed by atoms with E-state index in [4.69, 9.17) is 15.7 Å². The molecule has 0 saturated carbocycles. The molecule has 0 aliphatic heterocycles. The van der Waals surface area contributed by atoms with Crippen molar-refractivity contribution in [2.45, 2.75) is 67.3 Å². The zero-order valence-electron chi connectivity index (χ0n) is 39.5. The summed E-state index contributed by atoms with van der Waals surface area (Å²) in [4.78, 5) is 21.6. The van der Waals surface area contributed by atoms with Gasteiger partial charge in [-0.15, -0.1) is 6.58 Å². The molecule has 1 unspecified atom stereocenters. The van der Waals surface area contributed by atoms with Gasteiger partial charge >= 0.3 is 0 Å². The number of nitrogen functional groups attached to an aromatic ring is 1. The van der Waals surface area contributed by atoms with Crippen molar-refractivity contribution in [1.82, 2.24) is 19.9 Å². The lowest BCUT2D eigenvalue weighted by atomic mass is 9.98. The van der Waals surface area contributed by atoms with E-state index in [2.05, 4.69) is 139 Å². The zero-order chi connectivity index (χ0) is 46.7. The van der Waals surface area contributed by atoms with Crippen molar-refractivity contribution in [3.63, 3.8) is 0 Å². The molecule has 6 heteroatoms. The minimum atomic E-state index is -0.120. The molecule has 0 amide bonds. The second-order valence-corrected chi connectivity index (χ2v) is 14.9. The molecule has 0 aliphatic carbocycles. The number of aryl methyl sites for hydroxylation is 1. The lowest BCUT2D eigenvalue weighted by Gasteiger charge is -2.28. The largest absolute Gasteiger partial charge is 0.397 e. The Kier molecular flexibility index (Phi) is 18.3. The first-order valence-corrected chi connectivity index (χ1v) is 22.8. The van der Waals surface area contributed by atoms with Gasteiger partial charge in [0.05, 0.1) is 45.5 Å². The molecule has 4 aromatic heterocycles. The number of allylic oxidation sites excluding steroid dienone is 5. The summed E-state index contributed by atoms with van der Waals surface area (Å²) in [7, 11) is 2.08. The molecule has 6 nitrogen and oxygen atoms in total. The van der Waals surface area contributed by atoms with Gasteiger partial charge in [-0.05, 0) is 121 Å². The Hall–Kier alpha value is -7.44. The first kappa shape index (κ1) is 48.6. The number of nitrogens with two attached hydrogens (primary N) is 1. The van der Waals surface area contributed by atoms with Crippen LogP contribution in [0, 0.1) is 0 Å². The van der Waals surface area contributed by atoms with E-state index in [0.717, 1.165) is 108 Å². The van der Waals surface area contributed by atoms with Crippen LogP contribution >= 0.6 is 0 Å². The highest BCUT2D eigenvalue weighted by atomic mass is 15.1. The van der Waals surface area contributed by atoms with Crippen molar-refractivity contribution >= 4 is 33.2 Å². The number of pyridine rings is 4. The molecule has 1 atom stereocenters. The van der Waals surface area contributed by atoms with Crippen molar-refractivity contribution < 1.29 is 0 Å². The van der Waals surface area contributed by atoms with Crippen molar-refractivity contribution in [1.29, 1.82) is 0 Å². The molecule has 2 N–H and O–H groups in total. The Morgan fingerprint density at radius 1 is 0.631 bits per heavy atom. The van der Waals surface area contributed by atoms with E-state index in [1.54, 1.807) is 0 Å². The molecule has 8 aromatic rings. The molecule has 8 rings (SSSR count). The lowest BCUT2D eigenvalue weighted by Crippen LogP contribution is -2.23. The fourth-order valence-electron chi connectivity index (χ4n) is 7.53. The summed E-state index contributed by atoms with van der Waals surface area (Å²) in [5.74, 6) is 0. The Bertz CT molecular complexity index is 2770. The Morgan fingerprint density at radius 3 is 1.75 bits per heavy atom. The van der Waals surface area contributed by atoms with Crippen LogP contribution in [0.5, 0.6) is 0 Å². The van der Waals surface area contributed by atoms with Crippen LogP contribution in [-0.2, 0) is 6.42 Å². The predicted molar refractivity (Wildman–Crippen MR) is 282 cm³/mol. The average molecular weight is 857 g/mol. The summed E-state index contributed by atoms with van der Waals surface area (Å²) in [5, 5.41) is 2.13. The highest BCUT2D eigenvalue weighted by Gasteiger charge is 2.18. The lowest BCUT2D eigenvalue weighted by molar-refractivity contribution is 0.787. The van der Waals surface area contributed by atoms with E-state index in [1.807, 2.05) is 121 Å². The van der Waals surface area contributed by atoms with Crippen LogP contribution in [0.25, 0.3) is 66.7 Å². The van der Waals surface area contributed by atoms with E-state index in [-0.39, 0.29) is 6.04 Å². The summed E-state index contributed by atoms with van der Waals surface area (Å²) < 4.78 is 0. The number of hydrogen-bond acceptors (Lipinski definition) is 6. The maximum atomic E-state index is 6.58. The fraction of sp³-hybridized carbons (Fsp3) is 0.186. The van der Waals surface area contributed by atoms with Gasteiger partial charge in [0.2, 0.25) is 0 Å². The van der Waals surface area contributed by atoms with Crippen molar-refractivity contribution in [3.8, 4) is 44.9 Å². The molecule has 4 aromatic carbocycles. The van der Waals surface area contributed by atoms with E-state index >= 15 is 0 Å². The van der Waals surface area contributed by atoms with Crippen molar-refractivity contribution in [2.75, 3.05) is 17.7 Å². The number of likely N-dealkylation sites (N-methyl/N-ethyl adjacent to an activating group) is 1. The molecule has 0 fully saturated rings. The maximum absolute atomic E-state index is 6.58. The third kappa shape index (κ3) is 12.2. The Balaban J connectivity index is 0.000000593. The van der Waals surface area contributed by atoms with Crippen molar-refractivity contribution in [3.05, 3.63) is 206 Å². The molecular formula is C59H64N6. The molecular weight excluding hydrogens is 793 g/mol. The number of anilines is 2. The minimum Gasteiger partial charge on any atom is -0.397 e. The van der Waals surface area contributed by atoms with Gasteiger partial charge in [-0.25, -0.2) is 9.97 Å². The zero-order valence-corrected chi connectivity index (χ0v) is 39.5. The second-order valence-electron chi connectivity index (χ2n) is 14.9. The normalized spacial score (nSPS) is 11.2. The summed E-state index contributed by atoms with van der Waals surface area (Å²) >= 11 is 0. The third-order valence-corrected chi connectivity index (χ3v) is 10.7. The quantitative estimate of drug-likeness (QED) is 0.0749. The SMILES string of the molecule is C=C(/C=C\C)/C=C\C.C=CC(c1ccc2ccc(CCC)c(N)c2n1)N(C)c1ccc(-c2ccc3nc(-c4cc(-c5ccccn5)cc(-c5ccccn5)c4)ccc3c2)cc1.CC.CC. The minimum absolute atomic E-state index is 0.120. The second kappa shape index (κ2) is 24.4. The van der Waals surface area contributed by atoms with E-state index in [0.29, 0.717) is 0 Å². The number of rotatable bonds is 12. The van der Waals surface area contributed by atoms with Crippen LogP contribution in [0.2, 0.25) is 0 Å². The first-order valence-electron chi connectivity index (χ1n) is 22.8. The van der Waals surface area contributed by atoms with E-state index in [9.17, 15) is 0 Å². The van der Waals surface area contributed by atoms with Gasteiger partial charge in [0, 0.05) is 52.6 Å². The van der Waals surface area contributed by atoms with Gasteiger partial charge in [0.25, 0.3) is 0 Å². The molecule has 65 heavy (non-hydrogen) atoms. The monoisotopic (exact) mass is 857 g/mol. The number of hydrogen-bond donors (Lipinski definition) is 1. The smallest absolute Gasteiger partial charge is 0.0938 e. The summed E-state index contributed by atoms with van der Waals surface area (Å²) in [6.45, 7) is 22.1. The Morgan fingerprint density at radius 2 is 1.20 bits per heavy atom. The summed E-state index contributed by atoms with van der Waals surface area (Å²) in [5.41, 5.74) is 21.4. The molecule has 0 bridgehead atoms. The maximum Gasteiger partial charge on any atom is 0.0938 e. The molecule has 330 valence electrons. The molecule has 0 spiro atoms. The van der Waals surface area contributed by atoms with Gasteiger partial charge in [0.15, 0.2) is 0 Å². The van der Waals surface area contributed by atoms with E-state index < -0.39 is 0 Å². The fourth-order valence-corrected chi connectivity index (χ4v) is 7.53. The van der Waals surface area contributed by atoms with Gasteiger partial charge in [-0.2, -0.15) is 0 Å².